The Hall–Kier alpha value is -1.27. The molecule has 0 amide bonds. The number of ether oxygens (including phenoxy) is 2. The Balaban J connectivity index is 2.26. The van der Waals surface area contributed by atoms with Crippen LogP contribution < -0.4 is 14.8 Å². The highest BCUT2D eigenvalue weighted by Crippen LogP contribution is 2.32. The summed E-state index contributed by atoms with van der Waals surface area (Å²) in [6.45, 7) is 3.10. The molecule has 0 radical (unpaired) electrons. The molecule has 5 nitrogen and oxygen atoms in total. The van der Waals surface area contributed by atoms with E-state index < -0.39 is 9.84 Å². The molecule has 1 N–H and O–H groups in total. The maximum absolute atomic E-state index is 12.4. The molecule has 0 saturated carbocycles. The second kappa shape index (κ2) is 6.45. The van der Waals surface area contributed by atoms with Crippen molar-refractivity contribution in [2.75, 3.05) is 26.0 Å². The van der Waals surface area contributed by atoms with E-state index in [9.17, 15) is 8.42 Å². The first-order valence-corrected chi connectivity index (χ1v) is 8.51. The fraction of sp³-hybridized carbons (Fsp3) is 0.571. The maximum atomic E-state index is 12.4. The predicted molar refractivity (Wildman–Crippen MR) is 77.2 cm³/mol. The monoisotopic (exact) mass is 299 g/mol. The van der Waals surface area contributed by atoms with Crippen molar-refractivity contribution in [3.05, 3.63) is 18.2 Å². The van der Waals surface area contributed by atoms with E-state index >= 15 is 0 Å². The van der Waals surface area contributed by atoms with Crippen molar-refractivity contribution in [3.8, 4) is 11.5 Å². The fourth-order valence-corrected chi connectivity index (χ4v) is 3.79. The molecule has 0 spiro atoms. The van der Waals surface area contributed by atoms with Gasteiger partial charge in [-0.25, -0.2) is 8.42 Å². The summed E-state index contributed by atoms with van der Waals surface area (Å²) in [4.78, 5) is 0.287. The first kappa shape index (κ1) is 15.1. The summed E-state index contributed by atoms with van der Waals surface area (Å²) in [6.07, 6.45) is 1.56. The molecule has 0 aliphatic carbocycles. The van der Waals surface area contributed by atoms with Gasteiger partial charge in [0.15, 0.2) is 21.3 Å². The van der Waals surface area contributed by atoms with E-state index in [1.54, 1.807) is 25.2 Å². The average Bonchev–Trinajstić information content (AvgIpc) is 2.69. The van der Waals surface area contributed by atoms with Crippen molar-refractivity contribution in [1.29, 1.82) is 0 Å². The Morgan fingerprint density at radius 2 is 1.95 bits per heavy atom. The van der Waals surface area contributed by atoms with Crippen molar-refractivity contribution in [1.82, 2.24) is 5.32 Å². The molecule has 0 saturated heterocycles. The van der Waals surface area contributed by atoms with E-state index in [4.69, 9.17) is 9.47 Å². The van der Waals surface area contributed by atoms with Crippen LogP contribution in [0, 0.1) is 0 Å². The van der Waals surface area contributed by atoms with Gasteiger partial charge in [-0.15, -0.1) is 0 Å². The Bertz CT molecular complexity index is 552. The van der Waals surface area contributed by atoms with Crippen LogP contribution in [-0.4, -0.2) is 40.5 Å². The molecule has 0 fully saturated rings. The standard InChI is InChI=1S/C14H21NO4S/c1-3-11(15-2)10-20(16,17)12-5-6-13-14(9-12)19-8-4-7-18-13/h5-6,9,11,15H,3-4,7-8,10H2,1-2H3. The van der Waals surface area contributed by atoms with Gasteiger partial charge in [-0.3, -0.25) is 0 Å². The number of nitrogens with one attached hydrogen (secondary N) is 1. The molecule has 2 rings (SSSR count). The molecular formula is C14H21NO4S. The lowest BCUT2D eigenvalue weighted by atomic mass is 10.3. The Kier molecular flexibility index (Phi) is 4.88. The van der Waals surface area contributed by atoms with Crippen LogP contribution in [0.25, 0.3) is 0 Å². The molecule has 1 aromatic carbocycles. The van der Waals surface area contributed by atoms with Crippen molar-refractivity contribution >= 4 is 9.84 Å². The number of hydrogen-bond acceptors (Lipinski definition) is 5. The third-order valence-electron chi connectivity index (χ3n) is 3.40. The molecule has 112 valence electrons. The molecule has 1 aliphatic heterocycles. The summed E-state index contributed by atoms with van der Waals surface area (Å²) >= 11 is 0. The number of sulfone groups is 1. The number of fused-ring (bicyclic) bond motifs is 1. The SMILES string of the molecule is CCC(CS(=O)(=O)c1ccc2c(c1)OCCCO2)NC. The molecule has 1 aliphatic rings. The van der Waals surface area contributed by atoms with E-state index in [2.05, 4.69) is 5.32 Å². The first-order chi connectivity index (χ1) is 9.56. The second-order valence-corrected chi connectivity index (χ2v) is 6.87. The third kappa shape index (κ3) is 3.43. The third-order valence-corrected chi connectivity index (χ3v) is 5.21. The number of benzene rings is 1. The van der Waals surface area contributed by atoms with Crippen LogP contribution in [0.2, 0.25) is 0 Å². The van der Waals surface area contributed by atoms with Crippen molar-refractivity contribution in [2.45, 2.75) is 30.7 Å². The van der Waals surface area contributed by atoms with Gasteiger partial charge in [-0.1, -0.05) is 6.92 Å². The molecule has 1 atom stereocenters. The van der Waals surface area contributed by atoms with E-state index in [0.29, 0.717) is 24.7 Å². The molecule has 0 aromatic heterocycles. The minimum atomic E-state index is -3.33. The van der Waals surface area contributed by atoms with Gasteiger partial charge in [-0.2, -0.15) is 0 Å². The van der Waals surface area contributed by atoms with Crippen molar-refractivity contribution in [2.24, 2.45) is 0 Å². The van der Waals surface area contributed by atoms with E-state index in [1.165, 1.54) is 0 Å². The lowest BCUT2D eigenvalue weighted by Crippen LogP contribution is -2.32. The first-order valence-electron chi connectivity index (χ1n) is 6.86. The zero-order valence-electron chi connectivity index (χ0n) is 11.9. The summed E-state index contributed by atoms with van der Waals surface area (Å²) in [5.74, 6) is 1.21. The van der Waals surface area contributed by atoms with Gasteiger partial charge in [0.05, 0.1) is 23.9 Å². The fourth-order valence-electron chi connectivity index (χ4n) is 2.10. The van der Waals surface area contributed by atoms with Gasteiger partial charge in [0.2, 0.25) is 0 Å². The van der Waals surface area contributed by atoms with E-state index in [1.807, 2.05) is 6.92 Å². The van der Waals surface area contributed by atoms with E-state index in [0.717, 1.165) is 12.8 Å². The molecule has 6 heteroatoms. The van der Waals surface area contributed by atoms with Gasteiger partial charge < -0.3 is 14.8 Å². The largest absolute Gasteiger partial charge is 0.490 e. The van der Waals surface area contributed by atoms with Crippen LogP contribution in [0.5, 0.6) is 11.5 Å². The zero-order chi connectivity index (χ0) is 14.6. The maximum Gasteiger partial charge on any atom is 0.180 e. The van der Waals surface area contributed by atoms with E-state index in [-0.39, 0.29) is 16.7 Å². The Morgan fingerprint density at radius 1 is 1.25 bits per heavy atom. The highest BCUT2D eigenvalue weighted by molar-refractivity contribution is 7.91. The lowest BCUT2D eigenvalue weighted by Gasteiger charge is -2.15. The Morgan fingerprint density at radius 3 is 2.60 bits per heavy atom. The van der Waals surface area contributed by atoms with Gasteiger partial charge in [0.25, 0.3) is 0 Å². The van der Waals surface area contributed by atoms with Crippen LogP contribution in [0.4, 0.5) is 0 Å². The van der Waals surface area contributed by atoms with Crippen LogP contribution in [0.3, 0.4) is 0 Å². The average molecular weight is 299 g/mol. The Labute approximate surface area is 120 Å². The predicted octanol–water partition coefficient (Wildman–Crippen LogP) is 1.62. The number of hydrogen-bond donors (Lipinski definition) is 1. The second-order valence-electron chi connectivity index (χ2n) is 4.83. The van der Waals surface area contributed by atoms with Crippen LogP contribution in [0.15, 0.2) is 23.1 Å². The van der Waals surface area contributed by atoms with Gasteiger partial charge in [0.1, 0.15) is 0 Å². The van der Waals surface area contributed by atoms with Gasteiger partial charge in [-0.05, 0) is 25.6 Å². The summed E-state index contributed by atoms with van der Waals surface area (Å²) in [7, 11) is -1.55. The highest BCUT2D eigenvalue weighted by Gasteiger charge is 2.21. The van der Waals surface area contributed by atoms with Gasteiger partial charge in [0, 0.05) is 18.5 Å². The molecule has 1 unspecified atom stereocenters. The molecular weight excluding hydrogens is 278 g/mol. The van der Waals surface area contributed by atoms with Crippen LogP contribution in [-0.2, 0) is 9.84 Å². The minimum absolute atomic E-state index is 0.0454. The minimum Gasteiger partial charge on any atom is -0.490 e. The topological polar surface area (TPSA) is 64.6 Å². The molecule has 20 heavy (non-hydrogen) atoms. The summed E-state index contributed by atoms with van der Waals surface area (Å²) < 4.78 is 35.8. The normalized spacial score (nSPS) is 16.5. The lowest BCUT2D eigenvalue weighted by molar-refractivity contribution is 0.297. The highest BCUT2D eigenvalue weighted by atomic mass is 32.2. The molecule has 0 bridgehead atoms. The van der Waals surface area contributed by atoms with Crippen molar-refractivity contribution in [3.63, 3.8) is 0 Å². The van der Waals surface area contributed by atoms with Gasteiger partial charge >= 0.3 is 0 Å². The quantitative estimate of drug-likeness (QED) is 0.895. The van der Waals surface area contributed by atoms with Crippen molar-refractivity contribution < 1.29 is 17.9 Å². The smallest absolute Gasteiger partial charge is 0.180 e. The molecule has 1 heterocycles. The zero-order valence-corrected chi connectivity index (χ0v) is 12.7. The van der Waals surface area contributed by atoms with Crippen LogP contribution >= 0.6 is 0 Å². The molecule has 1 aromatic rings. The summed E-state index contributed by atoms with van der Waals surface area (Å²) in [6, 6.07) is 4.79. The van der Waals surface area contributed by atoms with Crippen LogP contribution in [0.1, 0.15) is 19.8 Å². The number of rotatable bonds is 5. The summed E-state index contributed by atoms with van der Waals surface area (Å²) in [5, 5.41) is 3.01. The summed E-state index contributed by atoms with van der Waals surface area (Å²) in [5.41, 5.74) is 0.